The minimum Gasteiger partial charge on any atom is -0.454 e. The molecule has 8 heteroatoms. The van der Waals surface area contributed by atoms with E-state index in [2.05, 4.69) is 0 Å². The van der Waals surface area contributed by atoms with Gasteiger partial charge >= 0.3 is 11.9 Å². The number of rotatable bonds is 3. The summed E-state index contributed by atoms with van der Waals surface area (Å²) in [5.74, 6) is -1.75. The van der Waals surface area contributed by atoms with Crippen molar-refractivity contribution in [2.45, 2.75) is 11.9 Å². The Labute approximate surface area is 128 Å². The fourth-order valence-electron chi connectivity index (χ4n) is 1.70. The van der Waals surface area contributed by atoms with Crippen LogP contribution < -0.4 is 0 Å². The zero-order chi connectivity index (χ0) is 14.8. The van der Waals surface area contributed by atoms with Crippen LogP contribution in [0.5, 0.6) is 0 Å². The first-order chi connectivity index (χ1) is 9.38. The summed E-state index contributed by atoms with van der Waals surface area (Å²) in [6, 6.07) is 8.99. The third kappa shape index (κ3) is 3.69. The van der Waals surface area contributed by atoms with Crippen LogP contribution in [-0.4, -0.2) is 43.5 Å². The van der Waals surface area contributed by atoms with E-state index in [0.29, 0.717) is 0 Å². The molecule has 0 N–H and O–H groups in total. The number of likely N-dealkylation sites (tertiary alicyclic amines) is 1. The highest BCUT2D eigenvalue weighted by atomic mass is 127. The molecule has 1 aromatic carbocycles. The van der Waals surface area contributed by atoms with E-state index in [1.807, 2.05) is 6.07 Å². The minimum atomic E-state index is -3.19. The van der Waals surface area contributed by atoms with Gasteiger partial charge in [0.2, 0.25) is 7.01 Å². The normalized spacial score (nSPS) is 15.6. The Kier molecular flexibility index (Phi) is 4.63. The Bertz CT molecular complexity index is 610. The zero-order valence-corrected chi connectivity index (χ0v) is 13.3. The van der Waals surface area contributed by atoms with Gasteiger partial charge in [-0.1, -0.05) is 30.3 Å². The fourth-order valence-corrected chi connectivity index (χ4v) is 3.38. The number of amides is 1. The number of ether oxygens (including phenoxy) is 1. The van der Waals surface area contributed by atoms with Crippen molar-refractivity contribution in [3.05, 3.63) is 35.9 Å². The second kappa shape index (κ2) is 6.08. The number of halogens is 1. The molecule has 0 bridgehead atoms. The molecule has 1 fully saturated rings. The SMILES string of the molecule is O=C(OCc1ccccc1)C(=O)N1CC(S(=O)(=O)I)C1. The van der Waals surface area contributed by atoms with Crippen LogP contribution in [0.1, 0.15) is 5.56 Å². The average Bonchev–Trinajstić information content (AvgIpc) is 2.33. The molecule has 108 valence electrons. The van der Waals surface area contributed by atoms with E-state index < -0.39 is 24.1 Å². The number of nitrogens with zero attached hydrogens (tertiary/aromatic N) is 1. The third-order valence-corrected chi connectivity index (χ3v) is 6.17. The van der Waals surface area contributed by atoms with E-state index in [1.165, 1.54) is 26.1 Å². The topological polar surface area (TPSA) is 80.8 Å². The van der Waals surface area contributed by atoms with E-state index in [9.17, 15) is 18.0 Å². The van der Waals surface area contributed by atoms with Gasteiger partial charge in [0.15, 0.2) is 0 Å². The average molecular weight is 409 g/mol. The second-order valence-corrected chi connectivity index (χ2v) is 9.67. The first-order valence-electron chi connectivity index (χ1n) is 5.81. The van der Waals surface area contributed by atoms with Gasteiger partial charge in [-0.25, -0.2) is 13.2 Å². The summed E-state index contributed by atoms with van der Waals surface area (Å²) < 4.78 is 27.3. The molecule has 6 nitrogen and oxygen atoms in total. The van der Waals surface area contributed by atoms with Crippen LogP contribution in [0, 0.1) is 0 Å². The number of carbonyl (C=O) groups is 2. The molecule has 0 aromatic heterocycles. The van der Waals surface area contributed by atoms with Crippen molar-refractivity contribution < 1.29 is 22.7 Å². The van der Waals surface area contributed by atoms with Gasteiger partial charge in [0.05, 0.1) is 21.2 Å². The number of hydrogen-bond acceptors (Lipinski definition) is 5. The number of benzene rings is 1. The zero-order valence-electron chi connectivity index (χ0n) is 10.4. The van der Waals surface area contributed by atoms with Crippen LogP contribution in [0.25, 0.3) is 0 Å². The van der Waals surface area contributed by atoms with Crippen LogP contribution in [0.4, 0.5) is 0 Å². The summed E-state index contributed by atoms with van der Waals surface area (Å²) in [5, 5.41) is -0.589. The van der Waals surface area contributed by atoms with Crippen LogP contribution >= 0.6 is 21.2 Å². The third-order valence-electron chi connectivity index (χ3n) is 2.92. The van der Waals surface area contributed by atoms with Crippen molar-refractivity contribution in [1.82, 2.24) is 4.90 Å². The highest BCUT2D eigenvalue weighted by Crippen LogP contribution is 2.21. The first kappa shape index (κ1) is 15.2. The van der Waals surface area contributed by atoms with Crippen molar-refractivity contribution in [1.29, 1.82) is 0 Å². The Morgan fingerprint density at radius 2 is 1.85 bits per heavy atom. The van der Waals surface area contributed by atoms with Gasteiger partial charge in [-0.3, -0.25) is 4.79 Å². The van der Waals surface area contributed by atoms with Gasteiger partial charge in [0, 0.05) is 13.1 Å². The summed E-state index contributed by atoms with van der Waals surface area (Å²) >= 11 is 1.35. The molecule has 1 saturated heterocycles. The van der Waals surface area contributed by atoms with Crippen LogP contribution in [0.2, 0.25) is 0 Å². The lowest BCUT2D eigenvalue weighted by Gasteiger charge is -2.36. The predicted molar refractivity (Wildman–Crippen MR) is 79.5 cm³/mol. The Morgan fingerprint density at radius 3 is 2.40 bits per heavy atom. The van der Waals surface area contributed by atoms with Crippen molar-refractivity contribution in [2.24, 2.45) is 0 Å². The lowest BCUT2D eigenvalue weighted by molar-refractivity contribution is -0.162. The molecule has 1 aliphatic heterocycles. The molecule has 1 heterocycles. The van der Waals surface area contributed by atoms with Gasteiger partial charge < -0.3 is 9.64 Å². The van der Waals surface area contributed by atoms with Gasteiger partial charge in [-0.2, -0.15) is 0 Å². The van der Waals surface area contributed by atoms with Crippen LogP contribution in [0.3, 0.4) is 0 Å². The molecular formula is C12H12INO5S. The van der Waals surface area contributed by atoms with Crippen molar-refractivity contribution in [2.75, 3.05) is 13.1 Å². The molecule has 1 aromatic rings. The molecule has 1 aliphatic rings. The molecule has 1 amide bonds. The molecule has 0 spiro atoms. The van der Waals surface area contributed by atoms with Gasteiger partial charge in [0.1, 0.15) is 11.9 Å². The summed E-state index contributed by atoms with van der Waals surface area (Å²) in [7, 11) is -3.19. The second-order valence-electron chi connectivity index (χ2n) is 4.37. The molecule has 0 saturated carbocycles. The maximum absolute atomic E-state index is 11.7. The van der Waals surface area contributed by atoms with Gasteiger partial charge in [-0.15, -0.1) is 0 Å². The summed E-state index contributed by atoms with van der Waals surface area (Å²) in [6.45, 7) is 0.113. The Hall–Kier alpha value is -1.16. The Balaban J connectivity index is 1.81. The maximum atomic E-state index is 11.7. The van der Waals surface area contributed by atoms with E-state index in [4.69, 9.17) is 4.74 Å². The Morgan fingerprint density at radius 1 is 1.25 bits per heavy atom. The first-order valence-corrected chi connectivity index (χ1v) is 9.90. The summed E-state index contributed by atoms with van der Waals surface area (Å²) in [4.78, 5) is 24.4. The van der Waals surface area contributed by atoms with E-state index in [-0.39, 0.29) is 19.7 Å². The van der Waals surface area contributed by atoms with Crippen LogP contribution in [-0.2, 0) is 27.9 Å². The van der Waals surface area contributed by atoms with Crippen molar-refractivity contribution >= 4 is 40.1 Å². The fraction of sp³-hybridized carbons (Fsp3) is 0.333. The number of hydrogen-bond donors (Lipinski definition) is 0. The van der Waals surface area contributed by atoms with E-state index >= 15 is 0 Å². The van der Waals surface area contributed by atoms with Gasteiger partial charge in [-0.05, 0) is 5.56 Å². The minimum absolute atomic E-state index is 0.0211. The van der Waals surface area contributed by atoms with E-state index in [0.717, 1.165) is 5.56 Å². The standard InChI is InChI=1S/C12H12INO5S/c13-20(17,18)10-6-14(7-10)11(15)12(16)19-8-9-4-2-1-3-5-9/h1-5,10H,6-8H2. The monoisotopic (exact) mass is 409 g/mol. The maximum Gasteiger partial charge on any atom is 0.397 e. The lowest BCUT2D eigenvalue weighted by Crippen LogP contribution is -2.57. The van der Waals surface area contributed by atoms with Gasteiger partial charge in [0.25, 0.3) is 0 Å². The number of carbonyl (C=O) groups excluding carboxylic acids is 2. The molecule has 0 atom stereocenters. The van der Waals surface area contributed by atoms with Crippen molar-refractivity contribution in [3.8, 4) is 0 Å². The molecule has 0 radical (unpaired) electrons. The highest BCUT2D eigenvalue weighted by Gasteiger charge is 2.40. The predicted octanol–water partition coefficient (Wildman–Crippen LogP) is 0.705. The molecule has 0 unspecified atom stereocenters. The molecular weight excluding hydrogens is 397 g/mol. The van der Waals surface area contributed by atoms with Crippen molar-refractivity contribution in [3.63, 3.8) is 0 Å². The largest absolute Gasteiger partial charge is 0.454 e. The van der Waals surface area contributed by atoms with Crippen LogP contribution in [0.15, 0.2) is 30.3 Å². The summed E-state index contributed by atoms with van der Waals surface area (Å²) in [5.41, 5.74) is 0.782. The molecule has 20 heavy (non-hydrogen) atoms. The van der Waals surface area contributed by atoms with E-state index in [1.54, 1.807) is 24.3 Å². The lowest BCUT2D eigenvalue weighted by atomic mass is 10.2. The molecule has 2 rings (SSSR count). The molecule has 0 aliphatic carbocycles. The smallest absolute Gasteiger partial charge is 0.397 e. The quantitative estimate of drug-likeness (QED) is 0.318. The summed E-state index contributed by atoms with van der Waals surface area (Å²) in [6.07, 6.45) is 0. The number of esters is 1. The highest BCUT2D eigenvalue weighted by molar-refractivity contribution is 14.2.